The fourth-order valence-electron chi connectivity index (χ4n) is 2.50. The lowest BCUT2D eigenvalue weighted by molar-refractivity contribution is 0.00578. The standard InChI is InChI=1S/C13H21BN2O2/c1-12(2)13(3,4)18-14(17-12)11-10(8-15-16-11)9-6-5-7-9/h8-9H,5-7H2,1-4H3,(H,15,16). The Bertz CT molecular complexity index is 436. The van der Waals surface area contributed by atoms with Gasteiger partial charge in [0.1, 0.15) is 0 Å². The molecular formula is C13H21BN2O2. The van der Waals surface area contributed by atoms with Crippen molar-refractivity contribution in [2.24, 2.45) is 0 Å². The molecule has 3 rings (SSSR count). The molecule has 0 unspecified atom stereocenters. The molecule has 2 fully saturated rings. The van der Waals surface area contributed by atoms with E-state index >= 15 is 0 Å². The Kier molecular flexibility index (Phi) is 2.61. The number of aromatic nitrogens is 2. The fourth-order valence-corrected chi connectivity index (χ4v) is 2.50. The quantitative estimate of drug-likeness (QED) is 0.814. The van der Waals surface area contributed by atoms with Gasteiger partial charge in [0.15, 0.2) is 0 Å². The zero-order chi connectivity index (χ0) is 13.0. The molecule has 0 spiro atoms. The van der Waals surface area contributed by atoms with Gasteiger partial charge >= 0.3 is 7.12 Å². The Labute approximate surface area is 109 Å². The molecule has 5 heteroatoms. The third kappa shape index (κ3) is 1.72. The highest BCUT2D eigenvalue weighted by atomic mass is 16.7. The monoisotopic (exact) mass is 248 g/mol. The molecule has 4 nitrogen and oxygen atoms in total. The number of H-pyrrole nitrogens is 1. The van der Waals surface area contributed by atoms with Gasteiger partial charge in [0.2, 0.25) is 0 Å². The van der Waals surface area contributed by atoms with Crippen molar-refractivity contribution in [2.45, 2.75) is 64.1 Å². The largest absolute Gasteiger partial charge is 0.516 e. The third-order valence-corrected chi connectivity index (χ3v) is 4.72. The van der Waals surface area contributed by atoms with Crippen molar-refractivity contribution in [3.63, 3.8) is 0 Å². The van der Waals surface area contributed by atoms with Crippen molar-refractivity contribution >= 4 is 12.7 Å². The van der Waals surface area contributed by atoms with Crippen molar-refractivity contribution in [2.75, 3.05) is 0 Å². The van der Waals surface area contributed by atoms with Crippen LogP contribution >= 0.6 is 0 Å². The average Bonchev–Trinajstić information content (AvgIpc) is 2.68. The van der Waals surface area contributed by atoms with E-state index in [4.69, 9.17) is 9.31 Å². The van der Waals surface area contributed by atoms with Crippen LogP contribution in [0, 0.1) is 0 Å². The first-order valence-corrected chi connectivity index (χ1v) is 6.80. The summed E-state index contributed by atoms with van der Waals surface area (Å²) in [5, 5.41) is 7.33. The zero-order valence-electron chi connectivity index (χ0n) is 11.6. The Morgan fingerprint density at radius 1 is 1.22 bits per heavy atom. The van der Waals surface area contributed by atoms with Crippen LogP contribution in [0.15, 0.2) is 6.20 Å². The Morgan fingerprint density at radius 2 is 1.83 bits per heavy atom. The molecular weight excluding hydrogens is 227 g/mol. The Morgan fingerprint density at radius 3 is 2.33 bits per heavy atom. The van der Waals surface area contributed by atoms with Gasteiger partial charge in [0, 0.05) is 6.20 Å². The lowest BCUT2D eigenvalue weighted by Crippen LogP contribution is -2.41. The molecule has 0 aromatic carbocycles. The smallest absolute Gasteiger partial charge is 0.398 e. The van der Waals surface area contributed by atoms with E-state index in [1.165, 1.54) is 24.8 Å². The SMILES string of the molecule is CC1(C)OB(c2n[nH]cc2C2CCC2)OC1(C)C. The predicted octanol–water partition coefficient (Wildman–Crippen LogP) is 1.98. The second-order valence-electron chi connectivity index (χ2n) is 6.44. The summed E-state index contributed by atoms with van der Waals surface area (Å²) in [6.45, 7) is 8.29. The number of nitrogens with one attached hydrogen (secondary N) is 1. The molecule has 1 aromatic rings. The summed E-state index contributed by atoms with van der Waals surface area (Å²) in [4.78, 5) is 0. The van der Waals surface area contributed by atoms with Gasteiger partial charge < -0.3 is 9.31 Å². The van der Waals surface area contributed by atoms with E-state index in [9.17, 15) is 0 Å². The molecule has 1 aliphatic heterocycles. The second-order valence-corrected chi connectivity index (χ2v) is 6.44. The van der Waals surface area contributed by atoms with Gasteiger partial charge in [0.25, 0.3) is 0 Å². The fraction of sp³-hybridized carbons (Fsp3) is 0.769. The third-order valence-electron chi connectivity index (χ3n) is 4.72. The van der Waals surface area contributed by atoms with Gasteiger partial charge in [-0.25, -0.2) is 0 Å². The molecule has 1 aromatic heterocycles. The molecule has 1 N–H and O–H groups in total. The van der Waals surface area contributed by atoms with Gasteiger partial charge in [-0.05, 0) is 52.0 Å². The lowest BCUT2D eigenvalue weighted by atomic mass is 9.73. The van der Waals surface area contributed by atoms with E-state index < -0.39 is 0 Å². The average molecular weight is 248 g/mol. The predicted molar refractivity (Wildman–Crippen MR) is 70.9 cm³/mol. The first-order chi connectivity index (χ1) is 8.41. The van der Waals surface area contributed by atoms with Crippen molar-refractivity contribution in [1.82, 2.24) is 10.2 Å². The summed E-state index contributed by atoms with van der Waals surface area (Å²) in [7, 11) is -0.336. The van der Waals surface area contributed by atoms with Gasteiger partial charge in [-0.1, -0.05) is 6.42 Å². The van der Waals surface area contributed by atoms with Crippen LogP contribution in [0.2, 0.25) is 0 Å². The maximum Gasteiger partial charge on any atom is 0.516 e. The molecule has 2 aliphatic rings. The number of nitrogens with zero attached hydrogens (tertiary/aromatic N) is 1. The Balaban J connectivity index is 1.86. The van der Waals surface area contributed by atoms with Crippen LogP contribution in [0.5, 0.6) is 0 Å². The molecule has 0 amide bonds. The van der Waals surface area contributed by atoms with E-state index in [-0.39, 0.29) is 18.3 Å². The maximum absolute atomic E-state index is 6.06. The van der Waals surface area contributed by atoms with Crippen LogP contribution in [0.25, 0.3) is 0 Å². The summed E-state index contributed by atoms with van der Waals surface area (Å²) in [5.74, 6) is 0.637. The molecule has 98 valence electrons. The second kappa shape index (κ2) is 3.84. The van der Waals surface area contributed by atoms with Crippen LogP contribution in [0.3, 0.4) is 0 Å². The molecule has 0 radical (unpaired) electrons. The van der Waals surface area contributed by atoms with Crippen LogP contribution in [-0.2, 0) is 9.31 Å². The number of aromatic amines is 1. The highest BCUT2D eigenvalue weighted by molar-refractivity contribution is 6.61. The summed E-state index contributed by atoms with van der Waals surface area (Å²) in [6, 6.07) is 0. The van der Waals surface area contributed by atoms with Crippen LogP contribution < -0.4 is 5.59 Å². The minimum Gasteiger partial charge on any atom is -0.398 e. The van der Waals surface area contributed by atoms with E-state index in [1.807, 2.05) is 6.20 Å². The Hall–Kier alpha value is -0.805. The lowest BCUT2D eigenvalue weighted by Gasteiger charge is -2.32. The van der Waals surface area contributed by atoms with Gasteiger partial charge in [-0.2, -0.15) is 5.10 Å². The molecule has 18 heavy (non-hydrogen) atoms. The van der Waals surface area contributed by atoms with Gasteiger partial charge in [-0.15, -0.1) is 0 Å². The van der Waals surface area contributed by atoms with Crippen molar-refractivity contribution in [1.29, 1.82) is 0 Å². The van der Waals surface area contributed by atoms with Crippen molar-refractivity contribution in [3.8, 4) is 0 Å². The normalized spacial score (nSPS) is 26.3. The van der Waals surface area contributed by atoms with E-state index in [1.54, 1.807) is 0 Å². The van der Waals surface area contributed by atoms with Gasteiger partial charge in [0.05, 0.1) is 16.8 Å². The summed E-state index contributed by atoms with van der Waals surface area (Å²) < 4.78 is 12.1. The highest BCUT2D eigenvalue weighted by Gasteiger charge is 2.53. The molecule has 2 heterocycles. The van der Waals surface area contributed by atoms with Crippen molar-refractivity contribution < 1.29 is 9.31 Å². The minimum absolute atomic E-state index is 0.298. The molecule has 0 bridgehead atoms. The first-order valence-electron chi connectivity index (χ1n) is 6.80. The summed E-state index contributed by atoms with van der Waals surface area (Å²) in [6.07, 6.45) is 5.83. The van der Waals surface area contributed by atoms with E-state index in [0.717, 1.165) is 5.59 Å². The number of hydrogen-bond donors (Lipinski definition) is 1. The summed E-state index contributed by atoms with van der Waals surface area (Å²) >= 11 is 0. The number of hydrogen-bond acceptors (Lipinski definition) is 3. The van der Waals surface area contributed by atoms with Crippen LogP contribution in [0.4, 0.5) is 0 Å². The highest BCUT2D eigenvalue weighted by Crippen LogP contribution is 2.39. The van der Waals surface area contributed by atoms with Crippen LogP contribution in [-0.4, -0.2) is 28.5 Å². The van der Waals surface area contributed by atoms with E-state index in [2.05, 4.69) is 37.9 Å². The maximum atomic E-state index is 6.06. The molecule has 1 saturated heterocycles. The zero-order valence-corrected chi connectivity index (χ0v) is 11.6. The van der Waals surface area contributed by atoms with Crippen molar-refractivity contribution in [3.05, 3.63) is 11.8 Å². The summed E-state index contributed by atoms with van der Waals surface area (Å²) in [5.41, 5.74) is 1.62. The first kappa shape index (κ1) is 12.2. The van der Waals surface area contributed by atoms with E-state index in [0.29, 0.717) is 5.92 Å². The number of rotatable bonds is 2. The molecule has 1 saturated carbocycles. The minimum atomic E-state index is -0.336. The molecule has 1 aliphatic carbocycles. The van der Waals surface area contributed by atoms with Crippen LogP contribution in [0.1, 0.15) is 58.4 Å². The molecule has 0 atom stereocenters. The van der Waals surface area contributed by atoms with Gasteiger partial charge in [-0.3, -0.25) is 5.10 Å². The topological polar surface area (TPSA) is 47.1 Å².